The number of hydrogen-bond acceptors (Lipinski definition) is 10. The molecule has 0 atom stereocenters. The molecule has 0 heterocycles. The molecule has 13 heteroatoms. The van der Waals surface area contributed by atoms with Gasteiger partial charge in [-0.15, -0.1) is 0 Å². The van der Waals surface area contributed by atoms with Gasteiger partial charge in [0.25, 0.3) is 5.91 Å². The van der Waals surface area contributed by atoms with Crippen molar-refractivity contribution in [3.63, 3.8) is 0 Å². The minimum absolute atomic E-state index is 0.0816. The summed E-state index contributed by atoms with van der Waals surface area (Å²) in [5, 5.41) is 7.91. The smallest absolute Gasteiger partial charge is 0.308 e. The monoisotopic (exact) mass is 554 g/mol. The number of nitrogens with one attached hydrogen (secondary N) is 3. The van der Waals surface area contributed by atoms with E-state index in [9.17, 15) is 19.2 Å². The fraction of sp³-hybridized carbons (Fsp3) is 0.615. The Morgan fingerprint density at radius 2 is 1.46 bits per heavy atom. The molecule has 5 N–H and O–H groups in total. The topological polar surface area (TPSA) is 177 Å². The van der Waals surface area contributed by atoms with Crippen LogP contribution in [0.3, 0.4) is 0 Å². The lowest BCUT2D eigenvalue weighted by molar-refractivity contribution is -0.148. The molecule has 13 nitrogen and oxygen atoms in total. The zero-order chi connectivity index (χ0) is 28.7. The molecular formula is C26H42N4O9. The zero-order valence-electron chi connectivity index (χ0n) is 22.8. The first-order valence-electron chi connectivity index (χ1n) is 12.9. The summed E-state index contributed by atoms with van der Waals surface area (Å²) in [6.45, 7) is 7.62. The summed E-state index contributed by atoms with van der Waals surface area (Å²) >= 11 is 0. The number of rotatable bonds is 23. The van der Waals surface area contributed by atoms with Crippen molar-refractivity contribution in [2.24, 2.45) is 11.7 Å². The summed E-state index contributed by atoms with van der Waals surface area (Å²) in [5.41, 5.74) is 6.48. The van der Waals surface area contributed by atoms with Gasteiger partial charge in [-0.1, -0.05) is 19.9 Å². The van der Waals surface area contributed by atoms with Crippen molar-refractivity contribution in [1.29, 1.82) is 0 Å². The van der Waals surface area contributed by atoms with Crippen molar-refractivity contribution in [2.45, 2.75) is 26.9 Å². The maximum absolute atomic E-state index is 12.7. The van der Waals surface area contributed by atoms with Crippen molar-refractivity contribution in [3.8, 4) is 0 Å². The number of hydrogen-bond donors (Lipinski definition) is 4. The number of anilines is 1. The van der Waals surface area contributed by atoms with Gasteiger partial charge in [0.1, 0.15) is 6.61 Å². The van der Waals surface area contributed by atoms with Gasteiger partial charge in [0, 0.05) is 42.9 Å². The molecule has 0 aromatic heterocycles. The van der Waals surface area contributed by atoms with Gasteiger partial charge in [-0.3, -0.25) is 19.2 Å². The Labute approximate surface area is 229 Å². The van der Waals surface area contributed by atoms with E-state index in [1.54, 1.807) is 26.0 Å². The summed E-state index contributed by atoms with van der Waals surface area (Å²) in [7, 11) is 0. The number of benzene rings is 1. The van der Waals surface area contributed by atoms with Crippen molar-refractivity contribution >= 4 is 29.9 Å². The van der Waals surface area contributed by atoms with Gasteiger partial charge >= 0.3 is 5.97 Å². The number of carbonyl (C=O) groups is 4. The normalized spacial score (nSPS) is 10.8. The molecular weight excluding hydrogens is 512 g/mol. The summed E-state index contributed by atoms with van der Waals surface area (Å²) in [5.74, 6) is -1.33. The average molecular weight is 555 g/mol. The van der Waals surface area contributed by atoms with Gasteiger partial charge in [-0.05, 0) is 12.1 Å². The molecule has 39 heavy (non-hydrogen) atoms. The molecule has 220 valence electrons. The Balaban J connectivity index is 2.22. The minimum Gasteiger partial charge on any atom is -0.461 e. The molecule has 1 aromatic rings. The Bertz CT molecular complexity index is 868. The maximum atomic E-state index is 12.7. The molecule has 1 aromatic carbocycles. The van der Waals surface area contributed by atoms with Crippen molar-refractivity contribution < 1.29 is 42.9 Å². The van der Waals surface area contributed by atoms with Crippen LogP contribution in [0, 0.1) is 5.92 Å². The second-order valence-electron chi connectivity index (χ2n) is 8.49. The van der Waals surface area contributed by atoms with Crippen LogP contribution in [0.1, 0.15) is 36.2 Å². The van der Waals surface area contributed by atoms with Gasteiger partial charge in [-0.2, -0.15) is 0 Å². The molecule has 0 aliphatic heterocycles. The van der Waals surface area contributed by atoms with Gasteiger partial charge in [0.2, 0.25) is 12.3 Å². The number of ether oxygens (including phenoxy) is 5. The van der Waals surface area contributed by atoms with Crippen LogP contribution in [0.25, 0.3) is 0 Å². The lowest BCUT2D eigenvalue weighted by atomic mass is 10.1. The lowest BCUT2D eigenvalue weighted by Gasteiger charge is -2.13. The summed E-state index contributed by atoms with van der Waals surface area (Å²) in [6, 6.07) is 4.71. The van der Waals surface area contributed by atoms with Crippen LogP contribution >= 0.6 is 0 Å². The summed E-state index contributed by atoms with van der Waals surface area (Å²) in [6.07, 6.45) is 0.672. The number of amides is 3. The van der Waals surface area contributed by atoms with Crippen LogP contribution in [0.2, 0.25) is 0 Å². The highest BCUT2D eigenvalue weighted by atomic mass is 16.6. The van der Waals surface area contributed by atoms with Gasteiger partial charge < -0.3 is 45.4 Å². The third-order valence-corrected chi connectivity index (χ3v) is 5.01. The van der Waals surface area contributed by atoms with E-state index in [1.165, 1.54) is 6.07 Å². The number of nitrogens with two attached hydrogens (primary N) is 1. The van der Waals surface area contributed by atoms with Gasteiger partial charge in [0.05, 0.1) is 58.8 Å². The molecule has 0 unspecified atom stereocenters. The number of carbonyl (C=O) groups excluding carboxylic acids is 4. The SMILES string of the molecule is CC(C)C(=O)OCc1ccc(NC=O)cc1C(=O)NCCNC(=O)CCOCCOCCOCCOCCN. The highest BCUT2D eigenvalue weighted by molar-refractivity contribution is 5.97. The van der Waals surface area contributed by atoms with E-state index < -0.39 is 5.91 Å². The Morgan fingerprint density at radius 3 is 2.05 bits per heavy atom. The van der Waals surface area contributed by atoms with Crippen molar-refractivity contribution in [1.82, 2.24) is 10.6 Å². The summed E-state index contributed by atoms with van der Waals surface area (Å²) < 4.78 is 26.5. The molecule has 0 aliphatic carbocycles. The van der Waals surface area contributed by atoms with Crippen LogP contribution in [0.15, 0.2) is 18.2 Å². The largest absolute Gasteiger partial charge is 0.461 e. The number of esters is 1. The highest BCUT2D eigenvalue weighted by Crippen LogP contribution is 2.17. The van der Waals surface area contributed by atoms with Gasteiger partial charge in [0.15, 0.2) is 0 Å². The predicted molar refractivity (Wildman–Crippen MR) is 143 cm³/mol. The second kappa shape index (κ2) is 21.8. The molecule has 0 radical (unpaired) electrons. The van der Waals surface area contributed by atoms with Crippen molar-refractivity contribution in [2.75, 3.05) is 77.8 Å². The first kappa shape index (κ1) is 33.9. The van der Waals surface area contributed by atoms with E-state index in [1.807, 2.05) is 0 Å². The molecule has 0 bridgehead atoms. The molecule has 0 saturated carbocycles. The first-order valence-corrected chi connectivity index (χ1v) is 12.9. The average Bonchev–Trinajstić information content (AvgIpc) is 2.92. The lowest BCUT2D eigenvalue weighted by Crippen LogP contribution is -2.35. The van der Waals surface area contributed by atoms with Crippen LogP contribution in [-0.2, 0) is 44.7 Å². The van der Waals surface area contributed by atoms with E-state index in [0.29, 0.717) is 70.5 Å². The first-order chi connectivity index (χ1) is 18.9. The third-order valence-electron chi connectivity index (χ3n) is 5.01. The fourth-order valence-electron chi connectivity index (χ4n) is 2.96. The Kier molecular flexibility index (Phi) is 19.0. The Hall–Kier alpha value is -3.10. The van der Waals surface area contributed by atoms with Crippen LogP contribution in [0.5, 0.6) is 0 Å². The molecule has 0 spiro atoms. The zero-order valence-corrected chi connectivity index (χ0v) is 22.8. The van der Waals surface area contributed by atoms with Crippen LogP contribution in [-0.4, -0.2) is 96.7 Å². The quantitative estimate of drug-likeness (QED) is 0.0831. The third kappa shape index (κ3) is 16.5. The van der Waals surface area contributed by atoms with E-state index in [4.69, 9.17) is 29.4 Å². The molecule has 0 aliphatic rings. The fourth-order valence-corrected chi connectivity index (χ4v) is 2.96. The van der Waals surface area contributed by atoms with E-state index in [0.717, 1.165) is 0 Å². The van der Waals surface area contributed by atoms with Crippen LogP contribution in [0.4, 0.5) is 5.69 Å². The van der Waals surface area contributed by atoms with E-state index in [2.05, 4.69) is 16.0 Å². The molecule has 0 saturated heterocycles. The van der Waals surface area contributed by atoms with E-state index in [-0.39, 0.29) is 56.1 Å². The van der Waals surface area contributed by atoms with E-state index >= 15 is 0 Å². The minimum atomic E-state index is -0.428. The summed E-state index contributed by atoms with van der Waals surface area (Å²) in [4.78, 5) is 47.3. The highest BCUT2D eigenvalue weighted by Gasteiger charge is 2.15. The van der Waals surface area contributed by atoms with Gasteiger partial charge in [-0.25, -0.2) is 0 Å². The van der Waals surface area contributed by atoms with Crippen LogP contribution < -0.4 is 21.7 Å². The second-order valence-corrected chi connectivity index (χ2v) is 8.49. The standard InChI is InChI=1S/C26H42N4O9/c1-20(2)26(34)39-18-21-3-4-22(30-19-31)17-23(21)25(33)29-8-7-28-24(32)5-9-35-11-13-37-15-16-38-14-12-36-10-6-27/h3-4,17,19-20H,5-16,18,27H2,1-2H3,(H,28,32)(H,29,33)(H,30,31). The Morgan fingerprint density at radius 1 is 0.872 bits per heavy atom. The maximum Gasteiger partial charge on any atom is 0.308 e. The van der Waals surface area contributed by atoms with Crippen molar-refractivity contribution in [3.05, 3.63) is 29.3 Å². The molecule has 0 fully saturated rings. The molecule has 1 rings (SSSR count). The molecule has 3 amide bonds. The predicted octanol–water partition coefficient (Wildman–Crippen LogP) is 0.215.